The topological polar surface area (TPSA) is 96.4 Å². The number of nitrogens with zero attached hydrogens (tertiary/aromatic N) is 2. The number of carbonyl (C=O) groups is 3. The monoisotopic (exact) mass is 528 g/mol. The first-order valence-electron chi connectivity index (χ1n) is 12.7. The van der Waals surface area contributed by atoms with E-state index in [1.807, 2.05) is 19.1 Å². The van der Waals surface area contributed by atoms with E-state index in [1.54, 1.807) is 53.0 Å². The Labute approximate surface area is 222 Å². The van der Waals surface area contributed by atoms with E-state index in [4.69, 9.17) is 9.47 Å². The van der Waals surface area contributed by atoms with Crippen molar-refractivity contribution in [3.63, 3.8) is 0 Å². The number of likely N-dealkylation sites (tertiary alicyclic amines) is 1. The van der Waals surface area contributed by atoms with Gasteiger partial charge in [0.2, 0.25) is 5.91 Å². The SMILES string of the molecule is C=CCCOC(=O)[C@@H]1[C@H]2C(=O)N(CCCO)C(C(=O)N(CC=C)c3ccc(OC)cc3)C23CC[C@@]1(C)S3. The maximum atomic E-state index is 14.4. The molecule has 3 fully saturated rings. The van der Waals surface area contributed by atoms with E-state index in [0.717, 1.165) is 0 Å². The van der Waals surface area contributed by atoms with Crippen molar-refractivity contribution in [3.05, 3.63) is 49.6 Å². The van der Waals surface area contributed by atoms with Gasteiger partial charge in [-0.15, -0.1) is 24.9 Å². The molecule has 0 aromatic heterocycles. The summed E-state index contributed by atoms with van der Waals surface area (Å²) in [7, 11) is 1.58. The molecule has 4 rings (SSSR count). The molecule has 2 amide bonds. The summed E-state index contributed by atoms with van der Waals surface area (Å²) in [6.07, 6.45) is 5.59. The molecule has 0 radical (unpaired) electrons. The van der Waals surface area contributed by atoms with Gasteiger partial charge < -0.3 is 24.4 Å². The number of rotatable bonds is 12. The molecular weight excluding hydrogens is 492 g/mol. The zero-order chi connectivity index (χ0) is 26.8. The number of thioether (sulfide) groups is 1. The smallest absolute Gasteiger partial charge is 0.311 e. The Kier molecular flexibility index (Phi) is 8.04. The number of fused-ring (bicyclic) bond motifs is 1. The molecule has 200 valence electrons. The fourth-order valence-electron chi connectivity index (χ4n) is 6.24. The summed E-state index contributed by atoms with van der Waals surface area (Å²) in [4.78, 5) is 44.9. The first kappa shape index (κ1) is 27.3. The third kappa shape index (κ3) is 4.56. The highest BCUT2D eigenvalue weighted by atomic mass is 32.2. The summed E-state index contributed by atoms with van der Waals surface area (Å²) < 4.78 is 9.61. The van der Waals surface area contributed by atoms with Crippen LogP contribution in [0.4, 0.5) is 5.69 Å². The number of hydrogen-bond acceptors (Lipinski definition) is 7. The Morgan fingerprint density at radius 2 is 1.97 bits per heavy atom. The fraction of sp³-hybridized carbons (Fsp3) is 0.536. The third-order valence-corrected chi connectivity index (χ3v) is 9.84. The van der Waals surface area contributed by atoms with Gasteiger partial charge in [-0.3, -0.25) is 14.4 Å². The summed E-state index contributed by atoms with van der Waals surface area (Å²) in [6.45, 7) is 10.1. The van der Waals surface area contributed by atoms with E-state index in [2.05, 4.69) is 13.2 Å². The van der Waals surface area contributed by atoms with Crippen LogP contribution in [-0.2, 0) is 19.1 Å². The van der Waals surface area contributed by atoms with Crippen LogP contribution < -0.4 is 9.64 Å². The average Bonchev–Trinajstić information content (AvgIpc) is 3.46. The Bertz CT molecular complexity index is 1060. The van der Waals surface area contributed by atoms with E-state index < -0.39 is 27.4 Å². The fourth-order valence-corrected chi connectivity index (χ4v) is 8.58. The predicted octanol–water partition coefficient (Wildman–Crippen LogP) is 3.20. The minimum atomic E-state index is -0.767. The molecule has 1 N–H and O–H groups in total. The van der Waals surface area contributed by atoms with Crippen LogP contribution in [0.2, 0.25) is 0 Å². The first-order chi connectivity index (χ1) is 17.8. The number of carbonyl (C=O) groups excluding carboxylic acids is 3. The van der Waals surface area contributed by atoms with Crippen molar-refractivity contribution in [2.75, 3.05) is 38.3 Å². The Hall–Kier alpha value is -2.78. The van der Waals surface area contributed by atoms with Crippen LogP contribution in [0.1, 0.15) is 32.6 Å². The van der Waals surface area contributed by atoms with E-state index in [0.29, 0.717) is 37.1 Å². The Balaban J connectivity index is 1.74. The number of ether oxygens (including phenoxy) is 2. The van der Waals surface area contributed by atoms with Crippen LogP contribution in [0, 0.1) is 11.8 Å². The van der Waals surface area contributed by atoms with E-state index in [1.165, 1.54) is 0 Å². The molecule has 8 nitrogen and oxygen atoms in total. The number of esters is 1. The summed E-state index contributed by atoms with van der Waals surface area (Å²) in [5, 5.41) is 9.55. The van der Waals surface area contributed by atoms with Crippen molar-refractivity contribution in [2.45, 2.75) is 48.1 Å². The molecule has 1 aromatic rings. The average molecular weight is 529 g/mol. The highest BCUT2D eigenvalue weighted by Crippen LogP contribution is 2.71. The zero-order valence-corrected chi connectivity index (χ0v) is 22.4. The van der Waals surface area contributed by atoms with Crippen molar-refractivity contribution in [1.29, 1.82) is 0 Å². The van der Waals surface area contributed by atoms with Crippen LogP contribution in [0.15, 0.2) is 49.6 Å². The highest BCUT2D eigenvalue weighted by Gasteiger charge is 2.77. The van der Waals surface area contributed by atoms with Crippen LogP contribution in [0.5, 0.6) is 5.75 Å². The first-order valence-corrected chi connectivity index (χ1v) is 13.5. The summed E-state index contributed by atoms with van der Waals surface area (Å²) in [5.74, 6) is -1.42. The molecule has 9 heteroatoms. The van der Waals surface area contributed by atoms with Crippen molar-refractivity contribution in [2.24, 2.45) is 11.8 Å². The second-order valence-electron chi connectivity index (χ2n) is 10.0. The van der Waals surface area contributed by atoms with E-state index in [9.17, 15) is 19.5 Å². The minimum absolute atomic E-state index is 0.102. The molecule has 3 heterocycles. The molecule has 0 aliphatic carbocycles. The molecule has 5 atom stereocenters. The Morgan fingerprint density at radius 3 is 2.59 bits per heavy atom. The van der Waals surface area contributed by atoms with Gasteiger partial charge in [0.1, 0.15) is 11.8 Å². The van der Waals surface area contributed by atoms with Gasteiger partial charge in [0.05, 0.1) is 30.3 Å². The van der Waals surface area contributed by atoms with Crippen molar-refractivity contribution < 1.29 is 29.0 Å². The molecule has 1 spiro atoms. The van der Waals surface area contributed by atoms with Gasteiger partial charge in [0.15, 0.2) is 0 Å². The van der Waals surface area contributed by atoms with Gasteiger partial charge in [0.25, 0.3) is 5.91 Å². The second-order valence-corrected chi connectivity index (χ2v) is 11.9. The van der Waals surface area contributed by atoms with E-state index >= 15 is 0 Å². The van der Waals surface area contributed by atoms with E-state index in [-0.39, 0.29) is 44.1 Å². The lowest BCUT2D eigenvalue weighted by atomic mass is 9.66. The van der Waals surface area contributed by atoms with Gasteiger partial charge in [-0.05, 0) is 56.9 Å². The lowest BCUT2D eigenvalue weighted by Gasteiger charge is -2.37. The maximum absolute atomic E-state index is 14.4. The highest BCUT2D eigenvalue weighted by molar-refractivity contribution is 8.02. The molecule has 37 heavy (non-hydrogen) atoms. The molecule has 3 aliphatic rings. The summed E-state index contributed by atoms with van der Waals surface area (Å²) in [6, 6.07) is 6.43. The van der Waals surface area contributed by atoms with Gasteiger partial charge in [-0.2, -0.15) is 0 Å². The van der Waals surface area contributed by atoms with Crippen molar-refractivity contribution in [1.82, 2.24) is 4.90 Å². The molecule has 3 aliphatic heterocycles. The lowest BCUT2D eigenvalue weighted by Crippen LogP contribution is -2.55. The normalized spacial score (nSPS) is 29.6. The van der Waals surface area contributed by atoms with Crippen molar-refractivity contribution >= 4 is 35.2 Å². The van der Waals surface area contributed by atoms with Crippen LogP contribution >= 0.6 is 11.8 Å². The van der Waals surface area contributed by atoms with Crippen LogP contribution in [0.3, 0.4) is 0 Å². The minimum Gasteiger partial charge on any atom is -0.497 e. The standard InChI is InChI=1S/C28H36N2O6S/c1-5-7-18-36-26(34)22-21-24(32)30(16-8-17-31)23(28(21)14-13-27(22,3)37-28)25(33)29(15-6-2)19-9-11-20(35-4)12-10-19/h5-6,9-12,21-23,31H,1-2,7-8,13-18H2,3-4H3/t21-,22-,23?,27+,28?/m0/s1. The van der Waals surface area contributed by atoms with Gasteiger partial charge in [0, 0.05) is 30.1 Å². The van der Waals surface area contributed by atoms with Crippen LogP contribution in [-0.4, -0.2) is 76.7 Å². The molecule has 0 saturated carbocycles. The quantitative estimate of drug-likeness (QED) is 0.253. The number of anilines is 1. The number of hydrogen-bond donors (Lipinski definition) is 1. The second kappa shape index (κ2) is 10.9. The van der Waals surface area contributed by atoms with Gasteiger partial charge >= 0.3 is 5.97 Å². The number of aliphatic hydroxyl groups excluding tert-OH is 1. The summed E-state index contributed by atoms with van der Waals surface area (Å²) >= 11 is 1.60. The van der Waals surface area contributed by atoms with Gasteiger partial charge in [-0.1, -0.05) is 12.2 Å². The maximum Gasteiger partial charge on any atom is 0.311 e. The zero-order valence-electron chi connectivity index (χ0n) is 21.6. The number of methoxy groups -OCH3 is 1. The Morgan fingerprint density at radius 1 is 1.24 bits per heavy atom. The molecule has 2 bridgehead atoms. The third-order valence-electron chi connectivity index (χ3n) is 7.85. The molecule has 1 aromatic carbocycles. The molecule has 2 unspecified atom stereocenters. The van der Waals surface area contributed by atoms with Crippen LogP contribution in [0.25, 0.3) is 0 Å². The number of benzene rings is 1. The number of amides is 2. The predicted molar refractivity (Wildman–Crippen MR) is 143 cm³/mol. The number of aliphatic hydroxyl groups is 1. The van der Waals surface area contributed by atoms with Crippen molar-refractivity contribution in [3.8, 4) is 5.75 Å². The molecule has 3 saturated heterocycles. The molecular formula is C28H36N2O6S. The summed E-state index contributed by atoms with van der Waals surface area (Å²) in [5.41, 5.74) is 0.671. The largest absolute Gasteiger partial charge is 0.497 e. The van der Waals surface area contributed by atoms with Gasteiger partial charge in [-0.25, -0.2) is 0 Å². The lowest BCUT2D eigenvalue weighted by molar-refractivity contribution is -0.155.